The van der Waals surface area contributed by atoms with E-state index in [2.05, 4.69) is 10.3 Å². The van der Waals surface area contributed by atoms with Gasteiger partial charge in [-0.2, -0.15) is 4.98 Å². The van der Waals surface area contributed by atoms with Crippen LogP contribution in [0, 0.1) is 12.7 Å². The highest BCUT2D eigenvalue weighted by molar-refractivity contribution is 7.17. The Morgan fingerprint density at radius 1 is 1.04 bits per heavy atom. The molecular formula is C20H17FN4S. The van der Waals surface area contributed by atoms with Gasteiger partial charge in [-0.3, -0.25) is 0 Å². The molecule has 0 aliphatic rings. The van der Waals surface area contributed by atoms with E-state index in [0.29, 0.717) is 5.95 Å². The zero-order valence-electron chi connectivity index (χ0n) is 14.4. The first-order valence-electron chi connectivity index (χ1n) is 8.19. The number of benzene rings is 2. The largest absolute Gasteiger partial charge is 0.328 e. The number of aryl methyl sites for hydroxylation is 1. The maximum Gasteiger partial charge on any atom is 0.229 e. The number of rotatable bonds is 4. The van der Waals surface area contributed by atoms with Gasteiger partial charge in [-0.15, -0.1) is 11.3 Å². The van der Waals surface area contributed by atoms with Gasteiger partial charge >= 0.3 is 0 Å². The number of halogens is 1. The quantitative estimate of drug-likeness (QED) is 0.508. The fourth-order valence-corrected chi connectivity index (χ4v) is 3.65. The van der Waals surface area contributed by atoms with Gasteiger partial charge in [-0.05, 0) is 54.3 Å². The number of anilines is 4. The number of hydrogen-bond acceptors (Lipinski definition) is 5. The highest BCUT2D eigenvalue weighted by atomic mass is 32.1. The van der Waals surface area contributed by atoms with E-state index in [9.17, 15) is 4.39 Å². The summed E-state index contributed by atoms with van der Waals surface area (Å²) >= 11 is 1.61. The maximum atomic E-state index is 13.3. The Kier molecular flexibility index (Phi) is 4.26. The van der Waals surface area contributed by atoms with Crippen molar-refractivity contribution in [3.63, 3.8) is 0 Å². The van der Waals surface area contributed by atoms with Crippen molar-refractivity contribution in [2.75, 3.05) is 17.3 Å². The predicted molar refractivity (Wildman–Crippen MR) is 106 cm³/mol. The van der Waals surface area contributed by atoms with Crippen LogP contribution in [0.4, 0.5) is 27.5 Å². The molecule has 2 aromatic carbocycles. The third kappa shape index (κ3) is 3.11. The summed E-state index contributed by atoms with van der Waals surface area (Å²) in [5, 5.41) is 5.23. The Labute approximate surface area is 155 Å². The zero-order chi connectivity index (χ0) is 18.1. The Bertz CT molecular complexity index is 1060. The average molecular weight is 364 g/mol. The molecule has 0 fully saturated rings. The lowest BCUT2D eigenvalue weighted by molar-refractivity contribution is 0.627. The predicted octanol–water partition coefficient (Wildman–Crippen LogP) is 5.65. The molecule has 0 radical (unpaired) electrons. The fourth-order valence-electron chi connectivity index (χ4n) is 2.79. The van der Waals surface area contributed by atoms with Gasteiger partial charge < -0.3 is 10.2 Å². The van der Waals surface area contributed by atoms with Crippen molar-refractivity contribution >= 4 is 44.7 Å². The van der Waals surface area contributed by atoms with Crippen LogP contribution in [-0.2, 0) is 0 Å². The molecule has 0 amide bonds. The Hall–Kier alpha value is -2.99. The normalized spacial score (nSPS) is 10.9. The SMILES string of the molecule is Cc1cc(F)ccc1Nc1nc(N(C)c2ccccc2)c2sccc2n1. The number of thiophene rings is 1. The lowest BCUT2D eigenvalue weighted by atomic mass is 10.2. The molecule has 0 atom stereocenters. The van der Waals surface area contributed by atoms with E-state index in [1.54, 1.807) is 17.4 Å². The molecule has 6 heteroatoms. The van der Waals surface area contributed by atoms with Crippen LogP contribution in [0.5, 0.6) is 0 Å². The minimum absolute atomic E-state index is 0.258. The van der Waals surface area contributed by atoms with Gasteiger partial charge in [0.15, 0.2) is 5.82 Å². The fraction of sp³-hybridized carbons (Fsp3) is 0.100. The number of fused-ring (bicyclic) bond motifs is 1. The Morgan fingerprint density at radius 3 is 2.62 bits per heavy atom. The first kappa shape index (κ1) is 16.5. The molecular weight excluding hydrogens is 347 g/mol. The number of aromatic nitrogens is 2. The van der Waals surface area contributed by atoms with Gasteiger partial charge in [0.1, 0.15) is 5.82 Å². The van der Waals surface area contributed by atoms with Crippen molar-refractivity contribution in [2.45, 2.75) is 6.92 Å². The van der Waals surface area contributed by atoms with Crippen LogP contribution in [0.25, 0.3) is 10.2 Å². The minimum atomic E-state index is -0.258. The van der Waals surface area contributed by atoms with E-state index in [4.69, 9.17) is 4.98 Å². The lowest BCUT2D eigenvalue weighted by Crippen LogP contribution is -2.12. The minimum Gasteiger partial charge on any atom is -0.328 e. The van der Waals surface area contributed by atoms with Crippen molar-refractivity contribution in [1.29, 1.82) is 0 Å². The van der Waals surface area contributed by atoms with Crippen LogP contribution >= 0.6 is 11.3 Å². The highest BCUT2D eigenvalue weighted by Crippen LogP contribution is 2.33. The maximum absolute atomic E-state index is 13.3. The molecule has 2 heterocycles. The summed E-state index contributed by atoms with van der Waals surface area (Å²) in [4.78, 5) is 11.4. The topological polar surface area (TPSA) is 41.1 Å². The number of nitrogens with one attached hydrogen (secondary N) is 1. The Morgan fingerprint density at radius 2 is 1.85 bits per heavy atom. The first-order valence-corrected chi connectivity index (χ1v) is 9.07. The molecule has 0 spiro atoms. The van der Waals surface area contributed by atoms with Gasteiger partial charge in [-0.25, -0.2) is 9.37 Å². The summed E-state index contributed by atoms with van der Waals surface area (Å²) in [5.41, 5.74) is 3.51. The van der Waals surface area contributed by atoms with Crippen molar-refractivity contribution in [2.24, 2.45) is 0 Å². The molecule has 2 aromatic heterocycles. The molecule has 0 bridgehead atoms. The molecule has 0 aliphatic carbocycles. The van der Waals surface area contributed by atoms with Crippen molar-refractivity contribution in [3.8, 4) is 0 Å². The lowest BCUT2D eigenvalue weighted by Gasteiger charge is -2.20. The van der Waals surface area contributed by atoms with Crippen LogP contribution < -0.4 is 10.2 Å². The summed E-state index contributed by atoms with van der Waals surface area (Å²) in [6, 6.07) is 16.7. The molecule has 0 aliphatic heterocycles. The molecule has 0 unspecified atom stereocenters. The molecule has 4 aromatic rings. The number of hydrogen-bond donors (Lipinski definition) is 1. The molecule has 4 nitrogen and oxygen atoms in total. The summed E-state index contributed by atoms with van der Waals surface area (Å²) in [6.45, 7) is 1.85. The van der Waals surface area contributed by atoms with Gasteiger partial charge in [0.2, 0.25) is 5.95 Å². The first-order chi connectivity index (χ1) is 12.6. The molecule has 130 valence electrons. The molecule has 26 heavy (non-hydrogen) atoms. The highest BCUT2D eigenvalue weighted by Gasteiger charge is 2.15. The summed E-state index contributed by atoms with van der Waals surface area (Å²) in [5.74, 6) is 1.06. The Balaban J connectivity index is 1.77. The van der Waals surface area contributed by atoms with Gasteiger partial charge in [0.25, 0.3) is 0 Å². The summed E-state index contributed by atoms with van der Waals surface area (Å²) in [7, 11) is 1.99. The van der Waals surface area contributed by atoms with E-state index in [0.717, 1.165) is 33.0 Å². The van der Waals surface area contributed by atoms with Gasteiger partial charge in [0, 0.05) is 18.4 Å². The number of para-hydroxylation sites is 1. The smallest absolute Gasteiger partial charge is 0.229 e. The number of nitrogens with zero attached hydrogens (tertiary/aromatic N) is 3. The second-order valence-corrected chi connectivity index (χ2v) is 6.90. The standard InChI is InChI=1S/C20H17FN4S/c1-13-12-14(21)8-9-16(13)22-20-23-17-10-11-26-18(17)19(24-20)25(2)15-6-4-3-5-7-15/h3-12H,1-2H3,(H,22,23,24). The van der Waals surface area contributed by atoms with Crippen molar-refractivity contribution in [1.82, 2.24) is 9.97 Å². The van der Waals surface area contributed by atoms with Crippen LogP contribution in [0.15, 0.2) is 60.0 Å². The van der Waals surface area contributed by atoms with E-state index >= 15 is 0 Å². The van der Waals surface area contributed by atoms with E-state index < -0.39 is 0 Å². The monoisotopic (exact) mass is 364 g/mol. The third-order valence-electron chi connectivity index (χ3n) is 4.18. The summed E-state index contributed by atoms with van der Waals surface area (Å²) in [6.07, 6.45) is 0. The average Bonchev–Trinajstić information content (AvgIpc) is 3.12. The molecule has 0 saturated heterocycles. The van der Waals surface area contributed by atoms with E-state index in [-0.39, 0.29) is 5.82 Å². The van der Waals surface area contributed by atoms with Gasteiger partial charge in [0.05, 0.1) is 10.2 Å². The second kappa shape index (κ2) is 6.72. The second-order valence-electron chi connectivity index (χ2n) is 5.98. The van der Waals surface area contributed by atoms with Crippen LogP contribution in [0.2, 0.25) is 0 Å². The van der Waals surface area contributed by atoms with Crippen LogP contribution in [-0.4, -0.2) is 17.0 Å². The summed E-state index contributed by atoms with van der Waals surface area (Å²) < 4.78 is 14.4. The molecule has 1 N–H and O–H groups in total. The molecule has 4 rings (SSSR count). The van der Waals surface area contributed by atoms with Crippen molar-refractivity contribution in [3.05, 3.63) is 71.4 Å². The zero-order valence-corrected chi connectivity index (χ0v) is 15.2. The van der Waals surface area contributed by atoms with Crippen LogP contribution in [0.1, 0.15) is 5.56 Å². The third-order valence-corrected chi connectivity index (χ3v) is 5.08. The van der Waals surface area contributed by atoms with Gasteiger partial charge in [-0.1, -0.05) is 18.2 Å². The van der Waals surface area contributed by atoms with E-state index in [1.807, 2.05) is 60.6 Å². The van der Waals surface area contributed by atoms with E-state index in [1.165, 1.54) is 12.1 Å². The van der Waals surface area contributed by atoms with Crippen molar-refractivity contribution < 1.29 is 4.39 Å². The van der Waals surface area contributed by atoms with Crippen LogP contribution in [0.3, 0.4) is 0 Å². The molecule has 0 saturated carbocycles.